The highest BCUT2D eigenvalue weighted by molar-refractivity contribution is 7.90. The van der Waals surface area contributed by atoms with Gasteiger partial charge in [-0.2, -0.15) is 10.4 Å². The number of benzene rings is 1. The van der Waals surface area contributed by atoms with E-state index >= 15 is 0 Å². The zero-order valence-electron chi connectivity index (χ0n) is 14.7. The number of aromatic nitrogens is 2. The predicted octanol–water partition coefficient (Wildman–Crippen LogP) is 3.69. The van der Waals surface area contributed by atoms with Crippen LogP contribution in [0.3, 0.4) is 0 Å². The molecule has 0 aliphatic heterocycles. The first-order chi connectivity index (χ1) is 12.5. The van der Waals surface area contributed by atoms with Crippen LogP contribution in [0.4, 0.5) is 0 Å². The molecule has 0 spiro atoms. The van der Waals surface area contributed by atoms with E-state index in [-0.39, 0.29) is 11.6 Å². The summed E-state index contributed by atoms with van der Waals surface area (Å²) in [6.45, 7) is 1.66. The van der Waals surface area contributed by atoms with Crippen LogP contribution in [0.2, 0.25) is 0 Å². The zero-order chi connectivity index (χ0) is 18.3. The van der Waals surface area contributed by atoms with Gasteiger partial charge in [0.25, 0.3) is 0 Å². The minimum Gasteiger partial charge on any atom is -0.453 e. The molecule has 136 valence electrons. The molecule has 0 radical (unpaired) electrons. The molecule has 4 rings (SSSR count). The van der Waals surface area contributed by atoms with Crippen molar-refractivity contribution in [3.05, 3.63) is 41.2 Å². The van der Waals surface area contributed by atoms with Gasteiger partial charge in [-0.25, -0.2) is 13.1 Å². The topological polar surface area (TPSA) is 85.0 Å². The monoisotopic (exact) mass is 371 g/mol. The SMILES string of the molecule is CCS(=O)(=O)Cn1nc(C2CC2)c(Oc2ccc(C#N)cc2)c1C1CC1. The molecule has 1 heterocycles. The van der Waals surface area contributed by atoms with E-state index in [1.165, 1.54) is 0 Å². The van der Waals surface area contributed by atoms with E-state index in [4.69, 9.17) is 10.00 Å². The van der Waals surface area contributed by atoms with Crippen LogP contribution in [0.25, 0.3) is 0 Å². The van der Waals surface area contributed by atoms with Crippen molar-refractivity contribution in [1.82, 2.24) is 9.78 Å². The van der Waals surface area contributed by atoms with Gasteiger partial charge in [-0.1, -0.05) is 6.92 Å². The van der Waals surface area contributed by atoms with Crippen LogP contribution < -0.4 is 4.74 Å². The number of hydrogen-bond donors (Lipinski definition) is 0. The molecule has 26 heavy (non-hydrogen) atoms. The molecule has 0 bridgehead atoms. The molecule has 0 unspecified atom stereocenters. The summed E-state index contributed by atoms with van der Waals surface area (Å²) in [5.74, 6) is 2.05. The Morgan fingerprint density at radius 1 is 1.19 bits per heavy atom. The van der Waals surface area contributed by atoms with E-state index in [2.05, 4.69) is 11.2 Å². The number of sulfone groups is 1. The molecule has 6 nitrogen and oxygen atoms in total. The largest absolute Gasteiger partial charge is 0.453 e. The fraction of sp³-hybridized carbons (Fsp3) is 0.474. The van der Waals surface area contributed by atoms with Gasteiger partial charge in [0.1, 0.15) is 17.3 Å². The van der Waals surface area contributed by atoms with Gasteiger partial charge in [0.2, 0.25) is 0 Å². The Hall–Kier alpha value is -2.33. The van der Waals surface area contributed by atoms with E-state index in [9.17, 15) is 8.42 Å². The number of ether oxygens (including phenoxy) is 1. The Kier molecular flexibility index (Phi) is 4.23. The highest BCUT2D eigenvalue weighted by atomic mass is 32.2. The van der Waals surface area contributed by atoms with E-state index in [0.717, 1.165) is 42.8 Å². The number of rotatable bonds is 7. The van der Waals surface area contributed by atoms with Crippen molar-refractivity contribution in [2.45, 2.75) is 50.3 Å². The third-order valence-corrected chi connectivity index (χ3v) is 6.38. The summed E-state index contributed by atoms with van der Waals surface area (Å²) < 4.78 is 32.2. The van der Waals surface area contributed by atoms with Crippen LogP contribution in [0, 0.1) is 11.3 Å². The second-order valence-electron chi connectivity index (χ2n) is 7.05. The molecule has 1 aromatic carbocycles. The second-order valence-corrected chi connectivity index (χ2v) is 9.37. The molecule has 2 aliphatic rings. The Balaban J connectivity index is 1.74. The maximum atomic E-state index is 12.2. The van der Waals surface area contributed by atoms with Crippen LogP contribution in [0.5, 0.6) is 11.5 Å². The maximum Gasteiger partial charge on any atom is 0.172 e. The average Bonchev–Trinajstić information content (AvgIpc) is 3.54. The Morgan fingerprint density at radius 3 is 2.38 bits per heavy atom. The van der Waals surface area contributed by atoms with Crippen molar-refractivity contribution in [3.8, 4) is 17.6 Å². The zero-order valence-corrected chi connectivity index (χ0v) is 15.5. The van der Waals surface area contributed by atoms with Crippen LogP contribution in [0.1, 0.15) is 61.4 Å². The van der Waals surface area contributed by atoms with Crippen molar-refractivity contribution in [3.63, 3.8) is 0 Å². The van der Waals surface area contributed by atoms with Gasteiger partial charge in [-0.3, -0.25) is 0 Å². The first-order valence-corrected chi connectivity index (χ1v) is 10.8. The fourth-order valence-corrected chi connectivity index (χ4v) is 3.80. The number of hydrogen-bond acceptors (Lipinski definition) is 5. The van der Waals surface area contributed by atoms with Crippen molar-refractivity contribution < 1.29 is 13.2 Å². The molecule has 2 aromatic rings. The summed E-state index contributed by atoms with van der Waals surface area (Å²) in [7, 11) is -3.18. The van der Waals surface area contributed by atoms with Crippen molar-refractivity contribution >= 4 is 9.84 Å². The third kappa shape index (κ3) is 3.47. The summed E-state index contributed by atoms with van der Waals surface area (Å²) >= 11 is 0. The van der Waals surface area contributed by atoms with Gasteiger partial charge < -0.3 is 4.74 Å². The molecule has 0 amide bonds. The standard InChI is InChI=1S/C19H21N3O3S/c1-2-26(23,24)12-22-18(15-7-8-15)19(17(21-22)14-5-6-14)25-16-9-3-13(11-20)4-10-16/h3-4,9-10,14-15H,2,5-8,12H2,1H3. The Bertz CT molecular complexity index is 963. The lowest BCUT2D eigenvalue weighted by Crippen LogP contribution is -2.16. The summed E-state index contributed by atoms with van der Waals surface area (Å²) in [5, 5.41) is 13.6. The maximum absolute atomic E-state index is 12.2. The van der Waals surface area contributed by atoms with Gasteiger partial charge in [-0.05, 0) is 49.9 Å². The minimum atomic E-state index is -3.18. The number of nitriles is 1. The van der Waals surface area contributed by atoms with E-state index in [0.29, 0.717) is 23.1 Å². The van der Waals surface area contributed by atoms with Gasteiger partial charge in [-0.15, -0.1) is 0 Å². The Morgan fingerprint density at radius 2 is 1.85 bits per heavy atom. The third-order valence-electron chi connectivity index (χ3n) is 4.86. The normalized spacial score (nSPS) is 17.1. The summed E-state index contributed by atoms with van der Waals surface area (Å²) in [6.07, 6.45) is 4.19. The molecule has 1 aromatic heterocycles. The van der Waals surface area contributed by atoms with Crippen LogP contribution >= 0.6 is 0 Å². The van der Waals surface area contributed by atoms with Gasteiger partial charge in [0, 0.05) is 17.6 Å². The highest BCUT2D eigenvalue weighted by Gasteiger charge is 2.39. The van der Waals surface area contributed by atoms with E-state index < -0.39 is 9.84 Å². The van der Waals surface area contributed by atoms with E-state index in [1.54, 1.807) is 35.9 Å². The first kappa shape index (κ1) is 17.1. The quantitative estimate of drug-likeness (QED) is 0.741. The van der Waals surface area contributed by atoms with Crippen molar-refractivity contribution in [2.24, 2.45) is 0 Å². The van der Waals surface area contributed by atoms with Crippen molar-refractivity contribution in [1.29, 1.82) is 5.26 Å². The highest BCUT2D eigenvalue weighted by Crippen LogP contribution is 2.52. The Labute approximate surface area is 153 Å². The lowest BCUT2D eigenvalue weighted by atomic mass is 10.2. The van der Waals surface area contributed by atoms with Gasteiger partial charge >= 0.3 is 0 Å². The van der Waals surface area contributed by atoms with Crippen LogP contribution in [-0.2, 0) is 15.7 Å². The molecule has 0 saturated heterocycles. The summed E-state index contributed by atoms with van der Waals surface area (Å²) in [6, 6.07) is 9.07. The molecule has 2 saturated carbocycles. The number of nitrogens with zero attached hydrogens (tertiary/aromatic N) is 3. The minimum absolute atomic E-state index is 0.0915. The smallest absolute Gasteiger partial charge is 0.172 e. The summed E-state index contributed by atoms with van der Waals surface area (Å²) in [4.78, 5) is 0. The molecular weight excluding hydrogens is 350 g/mol. The van der Waals surface area contributed by atoms with Crippen LogP contribution in [-0.4, -0.2) is 24.0 Å². The lowest BCUT2D eigenvalue weighted by Gasteiger charge is -2.10. The average molecular weight is 371 g/mol. The van der Waals surface area contributed by atoms with Gasteiger partial charge in [0.15, 0.2) is 15.6 Å². The summed E-state index contributed by atoms with van der Waals surface area (Å²) in [5.41, 5.74) is 2.36. The molecule has 2 fully saturated rings. The molecule has 7 heteroatoms. The van der Waals surface area contributed by atoms with Crippen molar-refractivity contribution in [2.75, 3.05) is 5.75 Å². The van der Waals surface area contributed by atoms with E-state index in [1.807, 2.05) is 0 Å². The molecule has 0 atom stereocenters. The molecule has 2 aliphatic carbocycles. The molecular formula is C19H21N3O3S. The second kappa shape index (κ2) is 6.44. The first-order valence-electron chi connectivity index (χ1n) is 8.99. The van der Waals surface area contributed by atoms with Gasteiger partial charge in [0.05, 0.1) is 17.3 Å². The fourth-order valence-electron chi connectivity index (χ4n) is 3.05. The predicted molar refractivity (Wildman–Crippen MR) is 96.9 cm³/mol. The molecule has 0 N–H and O–H groups in total. The van der Waals surface area contributed by atoms with Crippen LogP contribution in [0.15, 0.2) is 24.3 Å². The lowest BCUT2D eigenvalue weighted by molar-refractivity contribution is 0.468.